The first-order valence-corrected chi connectivity index (χ1v) is 12.2. The number of ether oxygens (including phenoxy) is 4. The maximum Gasteiger partial charge on any atom is 0.311 e. The predicted octanol–water partition coefficient (Wildman–Crippen LogP) is 3.38. The molecule has 34 heavy (non-hydrogen) atoms. The van der Waals surface area contributed by atoms with Gasteiger partial charge in [0.25, 0.3) is 0 Å². The first-order valence-electron chi connectivity index (χ1n) is 12.2. The van der Waals surface area contributed by atoms with Gasteiger partial charge in [-0.3, -0.25) is 9.59 Å². The molecule has 188 valence electrons. The van der Waals surface area contributed by atoms with E-state index < -0.39 is 0 Å². The molecule has 2 atom stereocenters. The van der Waals surface area contributed by atoms with Crippen molar-refractivity contribution in [3.05, 3.63) is 35.9 Å². The normalized spacial score (nSPS) is 20.2. The number of rotatable bonds is 8. The van der Waals surface area contributed by atoms with Gasteiger partial charge in [-0.25, -0.2) is 9.36 Å². The van der Waals surface area contributed by atoms with Gasteiger partial charge in [-0.15, -0.1) is 0 Å². The van der Waals surface area contributed by atoms with Crippen molar-refractivity contribution in [3.63, 3.8) is 0 Å². The fraction of sp³-hybridized carbons (Fsp3) is 0.667. The standard InChI is InChI=1S/2C12H18N2O3/c1-2-16-12(15)9-10-6-7-14(13-10)11-5-3-4-8-17-11;1-2-16-12(15)9-10-6-7-13-14(10)11-5-3-4-8-17-11/h2*6-7,11H,2-5,8-9H2,1H3. The molecule has 4 heterocycles. The van der Waals surface area contributed by atoms with Gasteiger partial charge < -0.3 is 18.9 Å². The zero-order chi connectivity index (χ0) is 24.2. The Morgan fingerprint density at radius 3 is 2.21 bits per heavy atom. The molecular formula is C24H36N4O6. The van der Waals surface area contributed by atoms with E-state index in [-0.39, 0.29) is 37.2 Å². The molecule has 2 aromatic rings. The molecule has 0 bridgehead atoms. The first-order chi connectivity index (χ1) is 16.6. The Kier molecular flexibility index (Phi) is 10.6. The summed E-state index contributed by atoms with van der Waals surface area (Å²) >= 11 is 0. The first kappa shape index (κ1) is 25.9. The number of carbonyl (C=O) groups is 2. The molecule has 4 rings (SSSR count). The summed E-state index contributed by atoms with van der Waals surface area (Å²) in [7, 11) is 0. The molecule has 2 unspecified atom stereocenters. The fourth-order valence-corrected chi connectivity index (χ4v) is 3.94. The second kappa shape index (κ2) is 13.9. The lowest BCUT2D eigenvalue weighted by molar-refractivity contribution is -0.143. The Bertz CT molecular complexity index is 884. The van der Waals surface area contributed by atoms with Crippen LogP contribution in [0.4, 0.5) is 0 Å². The van der Waals surface area contributed by atoms with Crippen LogP contribution in [0.2, 0.25) is 0 Å². The van der Waals surface area contributed by atoms with E-state index in [4.69, 9.17) is 18.9 Å². The zero-order valence-corrected chi connectivity index (χ0v) is 20.2. The molecule has 0 aromatic carbocycles. The fourth-order valence-electron chi connectivity index (χ4n) is 3.94. The molecule has 0 N–H and O–H groups in total. The molecule has 2 saturated heterocycles. The van der Waals surface area contributed by atoms with Crippen molar-refractivity contribution in [1.29, 1.82) is 0 Å². The highest BCUT2D eigenvalue weighted by atomic mass is 16.5. The molecule has 0 radical (unpaired) electrons. The Hall–Kier alpha value is -2.72. The molecule has 2 aliphatic heterocycles. The van der Waals surface area contributed by atoms with E-state index in [0.29, 0.717) is 13.2 Å². The number of hydrogen-bond acceptors (Lipinski definition) is 8. The van der Waals surface area contributed by atoms with Crippen LogP contribution in [0.25, 0.3) is 0 Å². The lowest BCUT2D eigenvalue weighted by atomic mass is 10.2. The van der Waals surface area contributed by atoms with Crippen LogP contribution in [-0.2, 0) is 41.4 Å². The molecule has 0 aliphatic carbocycles. The molecule has 2 aromatic heterocycles. The summed E-state index contributed by atoms with van der Waals surface area (Å²) in [5.41, 5.74) is 1.59. The average Bonchev–Trinajstić information content (AvgIpc) is 3.51. The van der Waals surface area contributed by atoms with Crippen molar-refractivity contribution in [2.24, 2.45) is 0 Å². The van der Waals surface area contributed by atoms with Crippen LogP contribution in [0.3, 0.4) is 0 Å². The highest BCUT2D eigenvalue weighted by molar-refractivity contribution is 5.72. The monoisotopic (exact) mass is 476 g/mol. The molecular weight excluding hydrogens is 440 g/mol. The largest absolute Gasteiger partial charge is 0.466 e. The topological polar surface area (TPSA) is 107 Å². The van der Waals surface area contributed by atoms with E-state index in [1.807, 2.05) is 18.3 Å². The zero-order valence-electron chi connectivity index (χ0n) is 20.2. The van der Waals surface area contributed by atoms with Gasteiger partial charge in [0, 0.05) is 25.6 Å². The van der Waals surface area contributed by atoms with Crippen molar-refractivity contribution < 1.29 is 28.5 Å². The minimum absolute atomic E-state index is 0.0248. The summed E-state index contributed by atoms with van der Waals surface area (Å²) in [6, 6.07) is 3.68. The van der Waals surface area contributed by atoms with Crippen LogP contribution >= 0.6 is 0 Å². The van der Waals surface area contributed by atoms with Crippen molar-refractivity contribution in [1.82, 2.24) is 19.6 Å². The summed E-state index contributed by atoms with van der Waals surface area (Å²) < 4.78 is 24.7. The lowest BCUT2D eigenvalue weighted by Gasteiger charge is -2.24. The van der Waals surface area contributed by atoms with E-state index in [9.17, 15) is 9.59 Å². The number of aromatic nitrogens is 4. The highest BCUT2D eigenvalue weighted by Crippen LogP contribution is 2.23. The van der Waals surface area contributed by atoms with E-state index in [2.05, 4.69) is 10.2 Å². The van der Waals surface area contributed by atoms with Crippen LogP contribution in [0, 0.1) is 0 Å². The van der Waals surface area contributed by atoms with Crippen molar-refractivity contribution in [2.75, 3.05) is 26.4 Å². The molecule has 10 heteroatoms. The molecule has 2 aliphatic rings. The molecule has 2 fully saturated rings. The summed E-state index contributed by atoms with van der Waals surface area (Å²) in [5, 5.41) is 8.58. The SMILES string of the molecule is CCOC(=O)Cc1ccn(C2CCCCO2)n1.CCOC(=O)Cc1ccnn1C1CCCCO1. The number of esters is 2. The van der Waals surface area contributed by atoms with Crippen LogP contribution in [0.5, 0.6) is 0 Å². The van der Waals surface area contributed by atoms with E-state index >= 15 is 0 Å². The van der Waals surface area contributed by atoms with Gasteiger partial charge in [-0.1, -0.05) is 0 Å². The molecule has 10 nitrogen and oxygen atoms in total. The van der Waals surface area contributed by atoms with Gasteiger partial charge in [0.2, 0.25) is 0 Å². The smallest absolute Gasteiger partial charge is 0.311 e. The van der Waals surface area contributed by atoms with Gasteiger partial charge in [0.05, 0.1) is 37.4 Å². The number of nitrogens with zero attached hydrogens (tertiary/aromatic N) is 4. The third-order valence-corrected chi connectivity index (χ3v) is 5.56. The third-order valence-electron chi connectivity index (χ3n) is 5.56. The summed E-state index contributed by atoms with van der Waals surface area (Å²) in [5.74, 6) is -0.452. The van der Waals surface area contributed by atoms with Gasteiger partial charge >= 0.3 is 11.9 Å². The molecule has 0 amide bonds. The minimum Gasteiger partial charge on any atom is -0.466 e. The number of hydrogen-bond donors (Lipinski definition) is 0. The summed E-state index contributed by atoms with van der Waals surface area (Å²) in [6.45, 7) is 5.98. The second-order valence-corrected chi connectivity index (χ2v) is 8.16. The Balaban J connectivity index is 0.000000191. The Labute approximate surface area is 200 Å². The Morgan fingerprint density at radius 2 is 1.59 bits per heavy atom. The summed E-state index contributed by atoms with van der Waals surface area (Å²) in [6.07, 6.45) is 10.5. The van der Waals surface area contributed by atoms with Gasteiger partial charge in [0.15, 0.2) is 0 Å². The molecule has 0 spiro atoms. The number of carbonyl (C=O) groups excluding carboxylic acids is 2. The van der Waals surface area contributed by atoms with E-state index in [1.54, 1.807) is 29.4 Å². The van der Waals surface area contributed by atoms with E-state index in [1.165, 1.54) is 0 Å². The van der Waals surface area contributed by atoms with E-state index in [0.717, 1.165) is 63.1 Å². The minimum atomic E-state index is -0.234. The second-order valence-electron chi connectivity index (χ2n) is 8.16. The van der Waals surface area contributed by atoms with Gasteiger partial charge in [-0.2, -0.15) is 10.2 Å². The quantitative estimate of drug-likeness (QED) is 0.534. The van der Waals surface area contributed by atoms with Crippen molar-refractivity contribution in [2.45, 2.75) is 77.7 Å². The van der Waals surface area contributed by atoms with Crippen LogP contribution in [0.1, 0.15) is 76.2 Å². The maximum atomic E-state index is 11.4. The average molecular weight is 477 g/mol. The van der Waals surface area contributed by atoms with Gasteiger partial charge in [-0.05, 0) is 64.5 Å². The predicted molar refractivity (Wildman–Crippen MR) is 123 cm³/mol. The van der Waals surface area contributed by atoms with Crippen molar-refractivity contribution in [3.8, 4) is 0 Å². The summed E-state index contributed by atoms with van der Waals surface area (Å²) in [4.78, 5) is 22.7. The van der Waals surface area contributed by atoms with Gasteiger partial charge in [0.1, 0.15) is 12.5 Å². The van der Waals surface area contributed by atoms with Crippen LogP contribution < -0.4 is 0 Å². The van der Waals surface area contributed by atoms with Crippen LogP contribution in [-0.4, -0.2) is 57.9 Å². The third kappa shape index (κ3) is 7.95. The van der Waals surface area contributed by atoms with Crippen LogP contribution in [0.15, 0.2) is 24.5 Å². The molecule has 0 saturated carbocycles. The lowest BCUT2D eigenvalue weighted by Crippen LogP contribution is -2.22. The Morgan fingerprint density at radius 1 is 0.941 bits per heavy atom. The maximum absolute atomic E-state index is 11.4. The highest BCUT2D eigenvalue weighted by Gasteiger charge is 2.20. The van der Waals surface area contributed by atoms with Crippen molar-refractivity contribution >= 4 is 11.9 Å².